The highest BCUT2D eigenvalue weighted by atomic mass is 19.1. The van der Waals surface area contributed by atoms with E-state index in [1.807, 2.05) is 4.90 Å². The topological polar surface area (TPSA) is 94.1 Å². The quantitative estimate of drug-likeness (QED) is 0.660. The van der Waals surface area contributed by atoms with Crippen LogP contribution >= 0.6 is 0 Å². The minimum absolute atomic E-state index is 0.144. The van der Waals surface area contributed by atoms with Crippen LogP contribution in [0.1, 0.15) is 12.5 Å². The molecule has 3 rings (SSSR count). The van der Waals surface area contributed by atoms with Crippen LogP contribution in [0.3, 0.4) is 0 Å². The summed E-state index contributed by atoms with van der Waals surface area (Å²) in [5.74, 6) is -0.819. The van der Waals surface area contributed by atoms with Crippen molar-refractivity contribution < 1.29 is 23.9 Å². The van der Waals surface area contributed by atoms with Gasteiger partial charge in [0, 0.05) is 50.8 Å². The van der Waals surface area contributed by atoms with Gasteiger partial charge in [-0.05, 0) is 12.1 Å². The Kier molecular flexibility index (Phi) is 5.92. The molecule has 8 nitrogen and oxygen atoms in total. The van der Waals surface area contributed by atoms with Crippen LogP contribution in [0.2, 0.25) is 0 Å². The van der Waals surface area contributed by atoms with Crippen molar-refractivity contribution in [2.75, 3.05) is 50.8 Å². The van der Waals surface area contributed by atoms with Crippen LogP contribution in [0.15, 0.2) is 23.8 Å². The number of hydroxylamine groups is 1. The molecule has 0 atom stereocenters. The van der Waals surface area contributed by atoms with E-state index in [0.717, 1.165) is 5.57 Å². The van der Waals surface area contributed by atoms with Gasteiger partial charge in [-0.15, -0.1) is 0 Å². The predicted octanol–water partition coefficient (Wildman–Crippen LogP) is -0.151. The number of rotatable bonds is 5. The van der Waals surface area contributed by atoms with Crippen LogP contribution in [0.4, 0.5) is 10.1 Å². The predicted molar refractivity (Wildman–Crippen MR) is 97.0 cm³/mol. The monoisotopic (exact) mass is 378 g/mol. The number of piperazine rings is 1. The molecule has 27 heavy (non-hydrogen) atoms. The molecule has 1 fully saturated rings. The molecule has 0 saturated carbocycles. The average molecular weight is 378 g/mol. The summed E-state index contributed by atoms with van der Waals surface area (Å²) in [6.45, 7) is 3.48. The van der Waals surface area contributed by atoms with E-state index in [0.29, 0.717) is 56.3 Å². The van der Waals surface area contributed by atoms with E-state index in [4.69, 9.17) is 9.94 Å². The van der Waals surface area contributed by atoms with E-state index in [1.54, 1.807) is 17.0 Å². The number of hydrogen-bond acceptors (Lipinski definition) is 6. The molecule has 9 heteroatoms. The molecule has 2 aliphatic rings. The van der Waals surface area contributed by atoms with E-state index in [-0.39, 0.29) is 17.6 Å². The Labute approximate surface area is 156 Å². The Balaban J connectivity index is 1.72. The van der Waals surface area contributed by atoms with Crippen LogP contribution in [0, 0.1) is 5.82 Å². The number of carbonyl (C=O) groups excluding carboxylic acids is 2. The van der Waals surface area contributed by atoms with Crippen LogP contribution in [0.5, 0.6) is 0 Å². The lowest BCUT2D eigenvalue weighted by atomic mass is 10.1. The number of anilines is 1. The third kappa shape index (κ3) is 4.37. The minimum Gasteiger partial charge on any atom is -0.387 e. The second-order valence-electron chi connectivity index (χ2n) is 6.47. The van der Waals surface area contributed by atoms with Gasteiger partial charge in [0.15, 0.2) is 0 Å². The zero-order valence-electron chi connectivity index (χ0n) is 15.1. The van der Waals surface area contributed by atoms with Gasteiger partial charge >= 0.3 is 0 Å². The Hall–Kier alpha value is -2.65. The van der Waals surface area contributed by atoms with Gasteiger partial charge in [-0.3, -0.25) is 19.9 Å². The molecule has 0 spiro atoms. The summed E-state index contributed by atoms with van der Waals surface area (Å²) in [5, 5.41) is 11.6. The SMILES string of the molecule is CC(=O)NCC1=C(c2ccc(N3CCN(C(=O)CO)CC3)c(F)c2)NOC1. The first-order valence-electron chi connectivity index (χ1n) is 8.77. The second-order valence-corrected chi connectivity index (χ2v) is 6.47. The third-order valence-corrected chi connectivity index (χ3v) is 4.67. The lowest BCUT2D eigenvalue weighted by Crippen LogP contribution is -2.49. The minimum atomic E-state index is -0.506. The van der Waals surface area contributed by atoms with Crippen molar-refractivity contribution in [3.63, 3.8) is 0 Å². The van der Waals surface area contributed by atoms with Gasteiger partial charge in [0.2, 0.25) is 11.8 Å². The Morgan fingerprint density at radius 1 is 1.30 bits per heavy atom. The molecule has 3 N–H and O–H groups in total. The first-order chi connectivity index (χ1) is 13.0. The van der Waals surface area contributed by atoms with Crippen molar-refractivity contribution in [2.24, 2.45) is 0 Å². The molecule has 1 aromatic rings. The van der Waals surface area contributed by atoms with Crippen LogP contribution in [-0.2, 0) is 14.4 Å². The number of halogens is 1. The molecule has 0 aliphatic carbocycles. The zero-order valence-corrected chi connectivity index (χ0v) is 15.1. The number of aliphatic hydroxyl groups excluding tert-OH is 1. The number of aliphatic hydroxyl groups is 1. The average Bonchev–Trinajstić information content (AvgIpc) is 3.14. The van der Waals surface area contributed by atoms with Gasteiger partial charge in [0.05, 0.1) is 18.0 Å². The van der Waals surface area contributed by atoms with Crippen molar-refractivity contribution in [2.45, 2.75) is 6.92 Å². The summed E-state index contributed by atoms with van der Waals surface area (Å²) in [7, 11) is 0. The van der Waals surface area contributed by atoms with Crippen molar-refractivity contribution in [3.8, 4) is 0 Å². The fourth-order valence-electron chi connectivity index (χ4n) is 3.19. The maximum Gasteiger partial charge on any atom is 0.248 e. The van der Waals surface area contributed by atoms with Crippen LogP contribution < -0.4 is 15.7 Å². The summed E-state index contributed by atoms with van der Waals surface area (Å²) in [4.78, 5) is 31.3. The Morgan fingerprint density at radius 2 is 2.04 bits per heavy atom. The number of carbonyl (C=O) groups is 2. The molecular weight excluding hydrogens is 355 g/mol. The van der Waals surface area contributed by atoms with Crippen molar-refractivity contribution >= 4 is 23.2 Å². The maximum absolute atomic E-state index is 14.7. The van der Waals surface area contributed by atoms with Crippen LogP contribution in [-0.4, -0.2) is 67.8 Å². The largest absolute Gasteiger partial charge is 0.387 e. The summed E-state index contributed by atoms with van der Waals surface area (Å²) in [5.41, 5.74) is 5.39. The van der Waals surface area contributed by atoms with Crippen molar-refractivity contribution in [1.29, 1.82) is 0 Å². The number of nitrogens with one attached hydrogen (secondary N) is 2. The fourth-order valence-corrected chi connectivity index (χ4v) is 3.19. The number of nitrogens with zero attached hydrogens (tertiary/aromatic N) is 2. The van der Waals surface area contributed by atoms with Gasteiger partial charge in [-0.1, -0.05) is 6.07 Å². The molecule has 0 radical (unpaired) electrons. The van der Waals surface area contributed by atoms with E-state index in [2.05, 4.69) is 10.8 Å². The highest BCUT2D eigenvalue weighted by Gasteiger charge is 2.23. The smallest absolute Gasteiger partial charge is 0.248 e. The fraction of sp³-hybridized carbons (Fsp3) is 0.444. The molecule has 0 unspecified atom stereocenters. The normalized spacial score (nSPS) is 17.1. The van der Waals surface area contributed by atoms with Gasteiger partial charge in [0.25, 0.3) is 0 Å². The number of hydrogen-bond donors (Lipinski definition) is 3. The molecule has 2 aliphatic heterocycles. The highest BCUT2D eigenvalue weighted by Crippen LogP contribution is 2.27. The molecule has 2 heterocycles. The van der Waals surface area contributed by atoms with Gasteiger partial charge in [-0.2, -0.15) is 0 Å². The first kappa shape index (κ1) is 19.1. The van der Waals surface area contributed by atoms with Crippen molar-refractivity contribution in [3.05, 3.63) is 35.2 Å². The summed E-state index contributed by atoms with van der Waals surface area (Å²) in [6, 6.07) is 4.94. The molecule has 0 bridgehead atoms. The van der Waals surface area contributed by atoms with E-state index >= 15 is 0 Å². The van der Waals surface area contributed by atoms with Crippen LogP contribution in [0.25, 0.3) is 5.70 Å². The Morgan fingerprint density at radius 3 is 2.67 bits per heavy atom. The van der Waals surface area contributed by atoms with Gasteiger partial charge in [0.1, 0.15) is 12.4 Å². The standard InChI is InChI=1S/C18H23FN4O4/c1-12(25)20-9-14-11-27-21-18(14)13-2-3-16(15(19)8-13)22-4-6-23(7-5-22)17(26)10-24/h2-3,8,21,24H,4-7,9-11H2,1H3,(H,20,25). The van der Waals surface area contributed by atoms with Crippen molar-refractivity contribution in [1.82, 2.24) is 15.7 Å². The zero-order chi connectivity index (χ0) is 19.4. The second kappa shape index (κ2) is 8.36. The van der Waals surface area contributed by atoms with E-state index < -0.39 is 6.61 Å². The van der Waals surface area contributed by atoms with Gasteiger partial charge in [-0.25, -0.2) is 4.39 Å². The van der Waals surface area contributed by atoms with E-state index in [9.17, 15) is 14.0 Å². The number of benzene rings is 1. The maximum atomic E-state index is 14.7. The van der Waals surface area contributed by atoms with Gasteiger partial charge < -0.3 is 20.2 Å². The summed E-state index contributed by atoms with van der Waals surface area (Å²) in [6.07, 6.45) is 0. The lowest BCUT2D eigenvalue weighted by Gasteiger charge is -2.36. The highest BCUT2D eigenvalue weighted by molar-refractivity contribution is 5.77. The summed E-state index contributed by atoms with van der Waals surface area (Å²) < 4.78 is 14.7. The summed E-state index contributed by atoms with van der Waals surface area (Å²) >= 11 is 0. The lowest BCUT2D eigenvalue weighted by molar-refractivity contribution is -0.134. The molecule has 1 aromatic carbocycles. The molecule has 1 saturated heterocycles. The molecule has 0 aromatic heterocycles. The molecule has 2 amide bonds. The third-order valence-electron chi connectivity index (χ3n) is 4.67. The number of amides is 2. The molecular formula is C18H23FN4O4. The van der Waals surface area contributed by atoms with E-state index in [1.165, 1.54) is 13.0 Å². The first-order valence-corrected chi connectivity index (χ1v) is 8.77. The molecule has 146 valence electrons. The Bertz CT molecular complexity index is 760.